The molecule has 2 fully saturated rings. The van der Waals surface area contributed by atoms with Gasteiger partial charge in [-0.3, -0.25) is 14.6 Å². The first kappa shape index (κ1) is 15.8. The van der Waals surface area contributed by atoms with Crippen LogP contribution in [0.2, 0.25) is 0 Å². The van der Waals surface area contributed by atoms with Gasteiger partial charge in [-0.15, -0.1) is 0 Å². The van der Waals surface area contributed by atoms with Gasteiger partial charge in [0.15, 0.2) is 0 Å². The van der Waals surface area contributed by atoms with Gasteiger partial charge in [-0.2, -0.15) is 0 Å². The largest absolute Gasteiger partial charge is 0.368 e. The third-order valence-electron chi connectivity index (χ3n) is 4.75. The molecule has 6 nitrogen and oxygen atoms in total. The number of anilines is 1. The van der Waals surface area contributed by atoms with Crippen molar-refractivity contribution in [3.8, 4) is 0 Å². The maximum absolute atomic E-state index is 12.7. The highest BCUT2D eigenvalue weighted by Gasteiger charge is 2.38. The van der Waals surface area contributed by atoms with E-state index in [0.29, 0.717) is 26.1 Å². The third kappa shape index (κ3) is 3.30. The standard InChI is InChI=1S/C17H24N4O2/c1-13(2)21-12-14(11-16(21)22)17(23)20-9-7-19(8-10-20)15-3-5-18-6-4-15/h3-6,13-14H,7-12H2,1-2H3/t14-/m1/s1. The van der Waals surface area contributed by atoms with Gasteiger partial charge < -0.3 is 14.7 Å². The molecule has 3 heterocycles. The maximum Gasteiger partial charge on any atom is 0.228 e. The normalized spacial score (nSPS) is 22.1. The molecule has 0 unspecified atom stereocenters. The molecule has 2 saturated heterocycles. The summed E-state index contributed by atoms with van der Waals surface area (Å²) in [6.07, 6.45) is 3.94. The molecule has 0 bridgehead atoms. The second-order valence-corrected chi connectivity index (χ2v) is 6.56. The third-order valence-corrected chi connectivity index (χ3v) is 4.75. The smallest absolute Gasteiger partial charge is 0.228 e. The highest BCUT2D eigenvalue weighted by molar-refractivity contribution is 5.89. The first-order chi connectivity index (χ1) is 11.1. The predicted molar refractivity (Wildman–Crippen MR) is 88.0 cm³/mol. The van der Waals surface area contributed by atoms with Crippen LogP contribution in [0.15, 0.2) is 24.5 Å². The summed E-state index contributed by atoms with van der Waals surface area (Å²) in [5.74, 6) is 0.0713. The van der Waals surface area contributed by atoms with Crippen molar-refractivity contribution in [2.75, 3.05) is 37.6 Å². The Hall–Kier alpha value is -2.11. The summed E-state index contributed by atoms with van der Waals surface area (Å²) in [6, 6.07) is 4.16. The molecule has 6 heteroatoms. The zero-order valence-electron chi connectivity index (χ0n) is 13.8. The molecule has 0 aromatic carbocycles. The van der Waals surface area contributed by atoms with E-state index in [2.05, 4.69) is 9.88 Å². The van der Waals surface area contributed by atoms with Crippen LogP contribution in [0.1, 0.15) is 20.3 Å². The summed E-state index contributed by atoms with van der Waals surface area (Å²) >= 11 is 0. The van der Waals surface area contributed by atoms with E-state index in [1.165, 1.54) is 0 Å². The summed E-state index contributed by atoms with van der Waals surface area (Å²) in [6.45, 7) is 7.64. The predicted octanol–water partition coefficient (Wildman–Crippen LogP) is 0.987. The molecule has 3 rings (SSSR count). The molecule has 1 aromatic rings. The lowest BCUT2D eigenvalue weighted by atomic mass is 10.1. The highest BCUT2D eigenvalue weighted by atomic mass is 16.2. The fourth-order valence-electron chi connectivity index (χ4n) is 3.39. The zero-order valence-corrected chi connectivity index (χ0v) is 13.8. The molecule has 1 aromatic heterocycles. The van der Waals surface area contributed by atoms with Crippen LogP contribution in [0.4, 0.5) is 5.69 Å². The Bertz CT molecular complexity index is 567. The number of pyridine rings is 1. The second kappa shape index (κ2) is 6.56. The number of aromatic nitrogens is 1. The van der Waals surface area contributed by atoms with Crippen molar-refractivity contribution in [3.63, 3.8) is 0 Å². The maximum atomic E-state index is 12.7. The molecule has 0 N–H and O–H groups in total. The Labute approximate surface area is 137 Å². The number of carbonyl (C=O) groups is 2. The van der Waals surface area contributed by atoms with Gasteiger partial charge in [-0.25, -0.2) is 0 Å². The summed E-state index contributed by atoms with van der Waals surface area (Å²) in [5.41, 5.74) is 1.15. The minimum atomic E-state index is -0.169. The van der Waals surface area contributed by atoms with E-state index in [0.717, 1.165) is 18.8 Å². The molecule has 1 atom stereocenters. The van der Waals surface area contributed by atoms with Crippen LogP contribution >= 0.6 is 0 Å². The minimum absolute atomic E-state index is 0.105. The monoisotopic (exact) mass is 316 g/mol. The molecule has 0 radical (unpaired) electrons. The average molecular weight is 316 g/mol. The lowest BCUT2D eigenvalue weighted by molar-refractivity contribution is -0.136. The molecule has 124 valence electrons. The molecule has 2 aliphatic heterocycles. The molecular formula is C17H24N4O2. The Kier molecular flexibility index (Phi) is 4.50. The quantitative estimate of drug-likeness (QED) is 0.834. The number of rotatable bonds is 3. The minimum Gasteiger partial charge on any atom is -0.368 e. The van der Waals surface area contributed by atoms with E-state index in [-0.39, 0.29) is 23.8 Å². The van der Waals surface area contributed by atoms with Crippen molar-refractivity contribution in [1.29, 1.82) is 0 Å². The van der Waals surface area contributed by atoms with Crippen molar-refractivity contribution in [3.05, 3.63) is 24.5 Å². The lowest BCUT2D eigenvalue weighted by Crippen LogP contribution is -2.50. The van der Waals surface area contributed by atoms with Gasteiger partial charge >= 0.3 is 0 Å². The van der Waals surface area contributed by atoms with Crippen LogP contribution in [0.5, 0.6) is 0 Å². The van der Waals surface area contributed by atoms with Gasteiger partial charge in [0.25, 0.3) is 0 Å². The summed E-state index contributed by atoms with van der Waals surface area (Å²) in [4.78, 5) is 34.7. The first-order valence-corrected chi connectivity index (χ1v) is 8.29. The van der Waals surface area contributed by atoms with E-state index in [4.69, 9.17) is 0 Å². The number of piperazine rings is 1. The van der Waals surface area contributed by atoms with E-state index in [1.54, 1.807) is 12.4 Å². The number of amides is 2. The van der Waals surface area contributed by atoms with Crippen LogP contribution < -0.4 is 4.90 Å². The lowest BCUT2D eigenvalue weighted by Gasteiger charge is -2.37. The molecule has 2 amide bonds. The van der Waals surface area contributed by atoms with Crippen LogP contribution in [-0.2, 0) is 9.59 Å². The van der Waals surface area contributed by atoms with E-state index in [1.807, 2.05) is 35.8 Å². The summed E-state index contributed by atoms with van der Waals surface area (Å²) in [7, 11) is 0. The van der Waals surface area contributed by atoms with Gasteiger partial charge in [0.1, 0.15) is 0 Å². The number of hydrogen-bond donors (Lipinski definition) is 0. The summed E-state index contributed by atoms with van der Waals surface area (Å²) in [5, 5.41) is 0. The van der Waals surface area contributed by atoms with Crippen LogP contribution in [-0.4, -0.2) is 65.4 Å². The number of likely N-dealkylation sites (tertiary alicyclic amines) is 1. The highest BCUT2D eigenvalue weighted by Crippen LogP contribution is 2.23. The number of carbonyl (C=O) groups excluding carboxylic acids is 2. The fourth-order valence-corrected chi connectivity index (χ4v) is 3.39. The summed E-state index contributed by atoms with van der Waals surface area (Å²) < 4.78 is 0. The molecule has 0 spiro atoms. The van der Waals surface area contributed by atoms with Crippen molar-refractivity contribution in [2.24, 2.45) is 5.92 Å². The van der Waals surface area contributed by atoms with Crippen LogP contribution in [0, 0.1) is 5.92 Å². The van der Waals surface area contributed by atoms with Crippen molar-refractivity contribution in [1.82, 2.24) is 14.8 Å². The molecule has 0 saturated carbocycles. The Morgan fingerprint density at radius 3 is 2.39 bits per heavy atom. The first-order valence-electron chi connectivity index (χ1n) is 8.29. The van der Waals surface area contributed by atoms with Gasteiger partial charge in [0.05, 0.1) is 5.92 Å². The Balaban J connectivity index is 1.56. The topological polar surface area (TPSA) is 56.8 Å². The molecule has 23 heavy (non-hydrogen) atoms. The fraction of sp³-hybridized carbons (Fsp3) is 0.588. The average Bonchev–Trinajstić information content (AvgIpc) is 2.97. The molecule has 0 aliphatic carbocycles. The van der Waals surface area contributed by atoms with E-state index in [9.17, 15) is 9.59 Å². The van der Waals surface area contributed by atoms with E-state index >= 15 is 0 Å². The second-order valence-electron chi connectivity index (χ2n) is 6.56. The zero-order chi connectivity index (χ0) is 16.4. The Morgan fingerprint density at radius 2 is 1.83 bits per heavy atom. The van der Waals surface area contributed by atoms with Crippen molar-refractivity contribution >= 4 is 17.5 Å². The number of nitrogens with zero attached hydrogens (tertiary/aromatic N) is 4. The van der Waals surface area contributed by atoms with Crippen molar-refractivity contribution < 1.29 is 9.59 Å². The van der Waals surface area contributed by atoms with Crippen LogP contribution in [0.3, 0.4) is 0 Å². The number of hydrogen-bond acceptors (Lipinski definition) is 4. The van der Waals surface area contributed by atoms with Gasteiger partial charge in [-0.1, -0.05) is 0 Å². The van der Waals surface area contributed by atoms with Gasteiger partial charge in [0, 0.05) is 63.3 Å². The molecular weight excluding hydrogens is 292 g/mol. The van der Waals surface area contributed by atoms with Crippen molar-refractivity contribution in [2.45, 2.75) is 26.3 Å². The Morgan fingerprint density at radius 1 is 1.17 bits per heavy atom. The molecule has 2 aliphatic rings. The van der Waals surface area contributed by atoms with Crippen LogP contribution in [0.25, 0.3) is 0 Å². The van der Waals surface area contributed by atoms with Gasteiger partial charge in [-0.05, 0) is 26.0 Å². The van der Waals surface area contributed by atoms with Gasteiger partial charge in [0.2, 0.25) is 11.8 Å². The SMILES string of the molecule is CC(C)N1C[C@H](C(=O)N2CCN(c3ccncc3)CC2)CC1=O. The van der Waals surface area contributed by atoms with E-state index < -0.39 is 0 Å².